The van der Waals surface area contributed by atoms with E-state index in [1.165, 1.54) is 27.8 Å². The molecule has 0 fully saturated rings. The number of hydrogen-bond donors (Lipinski definition) is 0. The normalized spacial score (nSPS) is 10.9. The van der Waals surface area contributed by atoms with Crippen molar-refractivity contribution in [2.24, 2.45) is 0 Å². The molecular formula is C25H27O2. The first-order valence-electron chi connectivity index (χ1n) is 9.22. The van der Waals surface area contributed by atoms with Crippen molar-refractivity contribution in [2.45, 2.75) is 33.6 Å². The molecule has 2 nitrogen and oxygen atoms in total. The van der Waals surface area contributed by atoms with Gasteiger partial charge in [0.15, 0.2) is 0 Å². The Balaban J connectivity index is 2.24. The van der Waals surface area contributed by atoms with Crippen LogP contribution in [0.15, 0.2) is 48.5 Å². The molecule has 0 unspecified atom stereocenters. The van der Waals surface area contributed by atoms with E-state index in [0.29, 0.717) is 0 Å². The Morgan fingerprint density at radius 3 is 1.48 bits per heavy atom. The highest BCUT2D eigenvalue weighted by Crippen LogP contribution is 2.38. The second-order valence-electron chi connectivity index (χ2n) is 7.13. The maximum absolute atomic E-state index is 5.47. The van der Waals surface area contributed by atoms with Gasteiger partial charge in [0, 0.05) is 5.92 Å². The molecule has 0 N–H and O–H groups in total. The number of rotatable bonds is 5. The molecule has 0 saturated carbocycles. The summed E-state index contributed by atoms with van der Waals surface area (Å²) in [6.07, 6.45) is 0. The minimum absolute atomic E-state index is 0.147. The Morgan fingerprint density at radius 1 is 0.667 bits per heavy atom. The van der Waals surface area contributed by atoms with Crippen LogP contribution in [0.1, 0.15) is 44.9 Å². The zero-order valence-corrected chi connectivity index (χ0v) is 17.0. The smallest absolute Gasteiger partial charge is 0.121 e. The van der Waals surface area contributed by atoms with Crippen LogP contribution < -0.4 is 9.47 Å². The van der Waals surface area contributed by atoms with Crippen molar-refractivity contribution in [2.75, 3.05) is 14.2 Å². The number of hydrogen-bond acceptors (Lipinski definition) is 2. The molecular weight excluding hydrogens is 332 g/mol. The van der Waals surface area contributed by atoms with E-state index < -0.39 is 0 Å². The molecule has 3 rings (SSSR count). The second-order valence-corrected chi connectivity index (χ2v) is 7.13. The van der Waals surface area contributed by atoms with E-state index in [0.717, 1.165) is 22.6 Å². The summed E-state index contributed by atoms with van der Waals surface area (Å²) in [5.41, 5.74) is 8.64. The minimum Gasteiger partial charge on any atom is -0.496 e. The van der Waals surface area contributed by atoms with Crippen molar-refractivity contribution in [3.63, 3.8) is 0 Å². The molecule has 3 aromatic carbocycles. The SMILES string of the molecule is COc1ccc(C(c2ccc(OC)c(C)c2)c2c(C)c[c]cc2C)cc1C. The number of aryl methyl sites for hydroxylation is 4. The first kappa shape index (κ1) is 19.0. The highest BCUT2D eigenvalue weighted by Gasteiger charge is 2.22. The van der Waals surface area contributed by atoms with Crippen molar-refractivity contribution in [1.82, 2.24) is 0 Å². The third kappa shape index (κ3) is 3.71. The topological polar surface area (TPSA) is 18.5 Å². The first-order valence-corrected chi connectivity index (χ1v) is 9.22. The fourth-order valence-electron chi connectivity index (χ4n) is 3.90. The minimum atomic E-state index is 0.147. The van der Waals surface area contributed by atoms with Gasteiger partial charge >= 0.3 is 0 Å². The maximum atomic E-state index is 5.47. The van der Waals surface area contributed by atoms with Gasteiger partial charge in [-0.3, -0.25) is 0 Å². The van der Waals surface area contributed by atoms with Crippen LogP contribution >= 0.6 is 0 Å². The van der Waals surface area contributed by atoms with Crippen LogP contribution in [0.4, 0.5) is 0 Å². The highest BCUT2D eigenvalue weighted by molar-refractivity contribution is 5.53. The van der Waals surface area contributed by atoms with Crippen molar-refractivity contribution < 1.29 is 9.47 Å². The van der Waals surface area contributed by atoms with Crippen LogP contribution in [0.5, 0.6) is 11.5 Å². The summed E-state index contributed by atoms with van der Waals surface area (Å²) in [5.74, 6) is 1.98. The molecule has 1 radical (unpaired) electrons. The number of ether oxygens (including phenoxy) is 2. The Labute approximate surface area is 162 Å². The molecule has 0 aliphatic heterocycles. The molecule has 0 atom stereocenters. The van der Waals surface area contributed by atoms with E-state index >= 15 is 0 Å². The molecule has 3 aromatic rings. The molecule has 27 heavy (non-hydrogen) atoms. The quantitative estimate of drug-likeness (QED) is 0.527. The predicted molar refractivity (Wildman–Crippen MR) is 111 cm³/mol. The maximum Gasteiger partial charge on any atom is 0.121 e. The van der Waals surface area contributed by atoms with Gasteiger partial charge in [0.05, 0.1) is 14.2 Å². The van der Waals surface area contributed by atoms with Gasteiger partial charge in [-0.05, 0) is 84.8 Å². The monoisotopic (exact) mass is 359 g/mol. The van der Waals surface area contributed by atoms with E-state index in [2.05, 4.69) is 82.3 Å². The van der Waals surface area contributed by atoms with Crippen LogP contribution in [0.2, 0.25) is 0 Å². The van der Waals surface area contributed by atoms with Crippen molar-refractivity contribution in [3.05, 3.63) is 93.5 Å². The van der Waals surface area contributed by atoms with Crippen LogP contribution in [0, 0.1) is 33.8 Å². The van der Waals surface area contributed by atoms with E-state index in [1.807, 2.05) is 0 Å². The predicted octanol–water partition coefficient (Wildman–Crippen LogP) is 5.92. The van der Waals surface area contributed by atoms with Gasteiger partial charge in [0.25, 0.3) is 0 Å². The lowest BCUT2D eigenvalue weighted by Gasteiger charge is -2.24. The Kier molecular flexibility index (Phi) is 5.55. The Bertz CT molecular complexity index is 883. The summed E-state index contributed by atoms with van der Waals surface area (Å²) in [6, 6.07) is 20.3. The summed E-state index contributed by atoms with van der Waals surface area (Å²) < 4.78 is 10.9. The van der Waals surface area contributed by atoms with Gasteiger partial charge in [0.1, 0.15) is 11.5 Å². The molecule has 0 bridgehead atoms. The van der Waals surface area contributed by atoms with Gasteiger partial charge in [-0.1, -0.05) is 36.4 Å². The summed E-state index contributed by atoms with van der Waals surface area (Å²) in [7, 11) is 3.43. The van der Waals surface area contributed by atoms with Crippen molar-refractivity contribution in [1.29, 1.82) is 0 Å². The summed E-state index contributed by atoms with van der Waals surface area (Å²) >= 11 is 0. The van der Waals surface area contributed by atoms with Gasteiger partial charge in [0.2, 0.25) is 0 Å². The van der Waals surface area contributed by atoms with E-state index in [9.17, 15) is 0 Å². The van der Waals surface area contributed by atoms with E-state index in [1.54, 1.807) is 14.2 Å². The lowest BCUT2D eigenvalue weighted by atomic mass is 9.80. The molecule has 0 amide bonds. The number of methoxy groups -OCH3 is 2. The third-order valence-corrected chi connectivity index (χ3v) is 5.24. The molecule has 0 aliphatic carbocycles. The van der Waals surface area contributed by atoms with Crippen LogP contribution in [-0.2, 0) is 0 Å². The summed E-state index contributed by atoms with van der Waals surface area (Å²) in [4.78, 5) is 0. The fraction of sp³-hybridized carbons (Fsp3) is 0.280. The van der Waals surface area contributed by atoms with Gasteiger partial charge < -0.3 is 9.47 Å². The lowest BCUT2D eigenvalue weighted by molar-refractivity contribution is 0.411. The molecule has 139 valence electrons. The van der Waals surface area contributed by atoms with Crippen LogP contribution in [0.25, 0.3) is 0 Å². The molecule has 0 heterocycles. The van der Waals surface area contributed by atoms with Gasteiger partial charge in [-0.2, -0.15) is 0 Å². The van der Waals surface area contributed by atoms with Gasteiger partial charge in [-0.15, -0.1) is 0 Å². The average molecular weight is 359 g/mol. The Hall–Kier alpha value is -2.74. The van der Waals surface area contributed by atoms with Crippen molar-refractivity contribution >= 4 is 0 Å². The first-order chi connectivity index (χ1) is 13.0. The summed E-state index contributed by atoms with van der Waals surface area (Å²) in [5, 5.41) is 0. The second kappa shape index (κ2) is 7.87. The van der Waals surface area contributed by atoms with E-state index in [-0.39, 0.29) is 5.92 Å². The average Bonchev–Trinajstić information content (AvgIpc) is 2.65. The molecule has 0 aliphatic rings. The lowest BCUT2D eigenvalue weighted by Crippen LogP contribution is -2.08. The molecule has 0 saturated heterocycles. The standard InChI is InChI=1S/C25H27O2/c1-16-8-7-9-17(2)24(16)25(20-10-12-22(26-5)18(3)14-20)21-11-13-23(27-6)19(4)15-21/h8-15,25H,1-6H3. The number of benzene rings is 3. The highest BCUT2D eigenvalue weighted by atomic mass is 16.5. The van der Waals surface area contributed by atoms with Gasteiger partial charge in [-0.25, -0.2) is 0 Å². The molecule has 0 spiro atoms. The van der Waals surface area contributed by atoms with Crippen molar-refractivity contribution in [3.8, 4) is 11.5 Å². The third-order valence-electron chi connectivity index (χ3n) is 5.24. The Morgan fingerprint density at radius 2 is 1.11 bits per heavy atom. The largest absolute Gasteiger partial charge is 0.496 e. The fourth-order valence-corrected chi connectivity index (χ4v) is 3.90. The van der Waals surface area contributed by atoms with Crippen LogP contribution in [0.3, 0.4) is 0 Å². The van der Waals surface area contributed by atoms with Crippen LogP contribution in [-0.4, -0.2) is 14.2 Å². The molecule has 2 heteroatoms. The summed E-state index contributed by atoms with van der Waals surface area (Å²) in [6.45, 7) is 8.52. The van der Waals surface area contributed by atoms with E-state index in [4.69, 9.17) is 9.47 Å². The zero-order valence-electron chi connectivity index (χ0n) is 17.0. The zero-order chi connectivity index (χ0) is 19.6. The molecule has 0 aromatic heterocycles.